The van der Waals surface area contributed by atoms with Crippen molar-refractivity contribution in [2.45, 2.75) is 103 Å². The molecule has 0 saturated carbocycles. The van der Waals surface area contributed by atoms with E-state index >= 15 is 0 Å². The summed E-state index contributed by atoms with van der Waals surface area (Å²) in [6.07, 6.45) is 23.5. The zero-order valence-electron chi connectivity index (χ0n) is 16.7. The summed E-state index contributed by atoms with van der Waals surface area (Å²) < 4.78 is 0. The van der Waals surface area contributed by atoms with E-state index in [-0.39, 0.29) is 12.4 Å². The van der Waals surface area contributed by atoms with Crippen LogP contribution in [-0.2, 0) is 0 Å². The Morgan fingerprint density at radius 3 is 1.13 bits per heavy atom. The number of hydrogen-bond donors (Lipinski definition) is 0. The van der Waals surface area contributed by atoms with Gasteiger partial charge in [0.25, 0.3) is 0 Å². The molecule has 0 rings (SSSR count). The Balaban J connectivity index is -0.000000712. The van der Waals surface area contributed by atoms with Crippen LogP contribution in [0.3, 0.4) is 0 Å². The highest BCUT2D eigenvalue weighted by atomic mass is 35.5. The lowest BCUT2D eigenvalue weighted by atomic mass is 10.0. The molecule has 23 heavy (non-hydrogen) atoms. The van der Waals surface area contributed by atoms with Gasteiger partial charge in [-0.15, -0.1) is 19.0 Å². The van der Waals surface area contributed by atoms with Gasteiger partial charge in [-0.25, -0.2) is 0 Å². The Bertz CT molecular complexity index is 190. The summed E-state index contributed by atoms with van der Waals surface area (Å²) in [5, 5.41) is 0. The standard InChI is InChI=1S/C18H36.C3H9N.ClH/c1-3-5-7-9-11-13-15-17-18-16-14-12-10-8-6-4-2;1-4(2)3;/h3H,1,4-18H2,2H3;1-3H3;1H. The van der Waals surface area contributed by atoms with Gasteiger partial charge in [-0.05, 0) is 34.0 Å². The average Bonchev–Trinajstić information content (AvgIpc) is 2.47. The number of rotatable bonds is 15. The maximum absolute atomic E-state index is 3.76. The van der Waals surface area contributed by atoms with Gasteiger partial charge in [0.05, 0.1) is 0 Å². The fraction of sp³-hybridized carbons (Fsp3) is 0.905. The van der Waals surface area contributed by atoms with E-state index in [0.29, 0.717) is 0 Å². The van der Waals surface area contributed by atoms with Crippen molar-refractivity contribution in [2.75, 3.05) is 21.1 Å². The van der Waals surface area contributed by atoms with Gasteiger partial charge in [-0.1, -0.05) is 96.5 Å². The first-order chi connectivity index (χ1) is 10.6. The van der Waals surface area contributed by atoms with E-state index in [1.807, 2.05) is 32.1 Å². The summed E-state index contributed by atoms with van der Waals surface area (Å²) in [5.74, 6) is 0. The van der Waals surface area contributed by atoms with E-state index in [4.69, 9.17) is 0 Å². The number of allylic oxidation sites excluding steroid dienone is 1. The summed E-state index contributed by atoms with van der Waals surface area (Å²) in [4.78, 5) is 2.00. The van der Waals surface area contributed by atoms with Crippen molar-refractivity contribution in [1.82, 2.24) is 4.90 Å². The third kappa shape index (κ3) is 39.1. The van der Waals surface area contributed by atoms with Crippen LogP contribution in [0, 0.1) is 0 Å². The molecule has 0 N–H and O–H groups in total. The van der Waals surface area contributed by atoms with Gasteiger partial charge in [-0.3, -0.25) is 0 Å². The molecule has 0 aromatic carbocycles. The van der Waals surface area contributed by atoms with Crippen molar-refractivity contribution in [3.63, 3.8) is 0 Å². The highest BCUT2D eigenvalue weighted by Crippen LogP contribution is 2.13. The highest BCUT2D eigenvalue weighted by molar-refractivity contribution is 5.85. The van der Waals surface area contributed by atoms with E-state index in [9.17, 15) is 0 Å². The monoisotopic (exact) mass is 347 g/mol. The fourth-order valence-corrected chi connectivity index (χ4v) is 2.48. The Hall–Kier alpha value is -0.0100. The molecule has 2 heteroatoms. The molecule has 0 heterocycles. The minimum atomic E-state index is 0. The second-order valence-electron chi connectivity index (χ2n) is 7.02. The SMILES string of the molecule is C=CCCCCCCCCCCCCCCCC.CN(C)C.Cl. The van der Waals surface area contributed by atoms with Gasteiger partial charge in [-0.2, -0.15) is 0 Å². The molecule has 0 saturated heterocycles. The number of nitrogens with zero attached hydrogens (tertiary/aromatic N) is 1. The predicted molar refractivity (Wildman–Crippen MR) is 112 cm³/mol. The highest BCUT2D eigenvalue weighted by Gasteiger charge is 1.93. The summed E-state index contributed by atoms with van der Waals surface area (Å²) in [6.45, 7) is 6.05. The molecule has 0 aliphatic heterocycles. The largest absolute Gasteiger partial charge is 0.312 e. The molecule has 142 valence electrons. The summed E-state index contributed by atoms with van der Waals surface area (Å²) in [7, 11) is 6.00. The van der Waals surface area contributed by atoms with E-state index in [1.165, 1.54) is 96.3 Å². The van der Waals surface area contributed by atoms with Crippen molar-refractivity contribution in [2.24, 2.45) is 0 Å². The quantitative estimate of drug-likeness (QED) is 0.217. The smallest absolute Gasteiger partial charge is 0.0140 e. The maximum atomic E-state index is 3.76. The van der Waals surface area contributed by atoms with Crippen LogP contribution < -0.4 is 0 Å². The second-order valence-corrected chi connectivity index (χ2v) is 7.02. The minimum absolute atomic E-state index is 0. The first-order valence-electron chi connectivity index (χ1n) is 9.87. The third-order valence-electron chi connectivity index (χ3n) is 3.76. The average molecular weight is 348 g/mol. The van der Waals surface area contributed by atoms with Crippen molar-refractivity contribution in [3.05, 3.63) is 12.7 Å². The van der Waals surface area contributed by atoms with Crippen LogP contribution in [0.4, 0.5) is 0 Å². The zero-order chi connectivity index (χ0) is 16.9. The molecule has 0 spiro atoms. The summed E-state index contributed by atoms with van der Waals surface area (Å²) >= 11 is 0. The minimum Gasteiger partial charge on any atom is -0.312 e. The fourth-order valence-electron chi connectivity index (χ4n) is 2.48. The van der Waals surface area contributed by atoms with E-state index in [1.54, 1.807) is 0 Å². The van der Waals surface area contributed by atoms with Crippen LogP contribution in [0.25, 0.3) is 0 Å². The number of halogens is 1. The molecule has 0 aliphatic carbocycles. The summed E-state index contributed by atoms with van der Waals surface area (Å²) in [6, 6.07) is 0. The van der Waals surface area contributed by atoms with Crippen molar-refractivity contribution >= 4 is 12.4 Å². The lowest BCUT2D eigenvalue weighted by Crippen LogP contribution is -1.99. The van der Waals surface area contributed by atoms with Gasteiger partial charge in [0, 0.05) is 0 Å². The molecule has 0 aliphatic rings. The van der Waals surface area contributed by atoms with Gasteiger partial charge in [0.15, 0.2) is 0 Å². The van der Waals surface area contributed by atoms with E-state index < -0.39 is 0 Å². The molecule has 0 aromatic heterocycles. The normalized spacial score (nSPS) is 9.96. The van der Waals surface area contributed by atoms with Gasteiger partial charge in [0.1, 0.15) is 0 Å². The van der Waals surface area contributed by atoms with Crippen molar-refractivity contribution in [1.29, 1.82) is 0 Å². The molecule has 0 amide bonds. The number of hydrogen-bond acceptors (Lipinski definition) is 1. The second kappa shape index (κ2) is 26.9. The molecular formula is C21H46ClN. The van der Waals surface area contributed by atoms with Crippen LogP contribution in [0.2, 0.25) is 0 Å². The van der Waals surface area contributed by atoms with Crippen LogP contribution in [0.1, 0.15) is 103 Å². The van der Waals surface area contributed by atoms with Crippen LogP contribution in [0.5, 0.6) is 0 Å². The van der Waals surface area contributed by atoms with Crippen molar-refractivity contribution < 1.29 is 0 Å². The first-order valence-corrected chi connectivity index (χ1v) is 9.87. The molecule has 0 unspecified atom stereocenters. The molecule has 0 aromatic rings. The Morgan fingerprint density at radius 1 is 0.609 bits per heavy atom. The molecule has 0 fully saturated rings. The van der Waals surface area contributed by atoms with Gasteiger partial charge in [0.2, 0.25) is 0 Å². The molecule has 0 atom stereocenters. The summed E-state index contributed by atoms with van der Waals surface area (Å²) in [5.41, 5.74) is 0. The van der Waals surface area contributed by atoms with Gasteiger partial charge >= 0.3 is 0 Å². The van der Waals surface area contributed by atoms with Crippen LogP contribution in [0.15, 0.2) is 12.7 Å². The van der Waals surface area contributed by atoms with E-state index in [2.05, 4.69) is 13.5 Å². The lowest BCUT2D eigenvalue weighted by molar-refractivity contribution is 0.505. The number of unbranched alkanes of at least 4 members (excludes halogenated alkanes) is 14. The molecular weight excluding hydrogens is 302 g/mol. The first kappa shape index (κ1) is 27.8. The molecule has 0 radical (unpaired) electrons. The topological polar surface area (TPSA) is 3.24 Å². The molecule has 1 nitrogen and oxygen atoms in total. The Kier molecular flexibility index (Phi) is 32.5. The third-order valence-corrected chi connectivity index (χ3v) is 3.76. The Labute approximate surface area is 154 Å². The predicted octanol–water partition coefficient (Wildman–Crippen LogP) is 7.64. The van der Waals surface area contributed by atoms with Crippen LogP contribution in [-0.4, -0.2) is 26.0 Å². The zero-order valence-corrected chi connectivity index (χ0v) is 17.6. The maximum Gasteiger partial charge on any atom is -0.0140 e. The lowest BCUT2D eigenvalue weighted by Gasteiger charge is -2.02. The molecule has 0 bridgehead atoms. The van der Waals surface area contributed by atoms with Crippen molar-refractivity contribution in [3.8, 4) is 0 Å². The van der Waals surface area contributed by atoms with E-state index in [0.717, 1.165) is 0 Å². The van der Waals surface area contributed by atoms with Gasteiger partial charge < -0.3 is 4.90 Å². The Morgan fingerprint density at radius 2 is 0.870 bits per heavy atom. The van der Waals surface area contributed by atoms with Crippen LogP contribution >= 0.6 is 12.4 Å².